The largest absolute Gasteiger partial charge is 0.494 e. The van der Waals surface area contributed by atoms with Crippen LogP contribution >= 0.6 is 0 Å². The van der Waals surface area contributed by atoms with Crippen LogP contribution in [0.15, 0.2) is 18.2 Å². The van der Waals surface area contributed by atoms with E-state index in [2.05, 4.69) is 5.32 Å². The van der Waals surface area contributed by atoms with Crippen LogP contribution in [0.1, 0.15) is 18.4 Å². The van der Waals surface area contributed by atoms with Crippen molar-refractivity contribution >= 4 is 0 Å². The summed E-state index contributed by atoms with van der Waals surface area (Å²) < 4.78 is 30.6. The van der Waals surface area contributed by atoms with E-state index in [9.17, 15) is 4.39 Å². The van der Waals surface area contributed by atoms with Crippen LogP contribution in [-0.4, -0.2) is 46.1 Å². The molecular formula is C16H24FNO3. The molecule has 0 amide bonds. The Hall–Kier alpha value is -1.17. The molecule has 2 rings (SSSR count). The van der Waals surface area contributed by atoms with Gasteiger partial charge in [0.25, 0.3) is 0 Å². The molecule has 1 unspecified atom stereocenters. The van der Waals surface area contributed by atoms with Crippen molar-refractivity contribution in [3.63, 3.8) is 0 Å². The molecule has 1 heterocycles. The topological polar surface area (TPSA) is 39.7 Å². The summed E-state index contributed by atoms with van der Waals surface area (Å²) in [5.74, 6) is -0.0145. The van der Waals surface area contributed by atoms with Gasteiger partial charge in [-0.15, -0.1) is 0 Å². The van der Waals surface area contributed by atoms with E-state index >= 15 is 0 Å². The summed E-state index contributed by atoms with van der Waals surface area (Å²) in [4.78, 5) is 0. The highest BCUT2D eigenvalue weighted by atomic mass is 19.1. The first-order valence-corrected chi connectivity index (χ1v) is 7.28. The summed E-state index contributed by atoms with van der Waals surface area (Å²) in [6.45, 7) is 1.35. The van der Waals surface area contributed by atoms with Gasteiger partial charge in [0.2, 0.25) is 0 Å². The third-order valence-corrected chi connectivity index (χ3v) is 4.42. The van der Waals surface area contributed by atoms with Crippen LogP contribution in [0, 0.1) is 5.82 Å². The molecule has 1 saturated heterocycles. The monoisotopic (exact) mass is 297 g/mol. The zero-order chi connectivity index (χ0) is 15.3. The van der Waals surface area contributed by atoms with Gasteiger partial charge in [-0.2, -0.15) is 0 Å². The van der Waals surface area contributed by atoms with Gasteiger partial charge in [0.05, 0.1) is 12.7 Å². The molecule has 1 aliphatic rings. The lowest BCUT2D eigenvalue weighted by molar-refractivity contribution is -0.109. The van der Waals surface area contributed by atoms with Crippen molar-refractivity contribution in [3.8, 4) is 5.75 Å². The van der Waals surface area contributed by atoms with Crippen molar-refractivity contribution in [3.05, 3.63) is 29.6 Å². The normalized spacial score (nSPS) is 19.2. The Morgan fingerprint density at radius 1 is 1.33 bits per heavy atom. The summed E-state index contributed by atoms with van der Waals surface area (Å²) >= 11 is 0. The number of nitrogens with one attached hydrogen (secondary N) is 1. The number of rotatable bonds is 6. The van der Waals surface area contributed by atoms with Crippen LogP contribution in [0.2, 0.25) is 0 Å². The van der Waals surface area contributed by atoms with E-state index in [1.165, 1.54) is 7.11 Å². The molecular weight excluding hydrogens is 273 g/mol. The fourth-order valence-corrected chi connectivity index (χ4v) is 3.05. The fraction of sp³-hybridized carbons (Fsp3) is 0.625. The highest BCUT2D eigenvalue weighted by Gasteiger charge is 2.40. The molecule has 0 aromatic heterocycles. The van der Waals surface area contributed by atoms with Crippen molar-refractivity contribution in [1.29, 1.82) is 0 Å². The highest BCUT2D eigenvalue weighted by molar-refractivity contribution is 5.32. The molecule has 1 aromatic rings. The first-order valence-electron chi connectivity index (χ1n) is 7.28. The molecule has 1 aliphatic heterocycles. The van der Waals surface area contributed by atoms with E-state index in [0.29, 0.717) is 25.2 Å². The maximum Gasteiger partial charge on any atom is 0.168 e. The number of hydrogen-bond donors (Lipinski definition) is 1. The number of ether oxygens (including phenoxy) is 3. The molecule has 118 valence electrons. The van der Waals surface area contributed by atoms with Gasteiger partial charge in [-0.1, -0.05) is 12.1 Å². The maximum absolute atomic E-state index is 14.3. The average molecular weight is 297 g/mol. The van der Waals surface area contributed by atoms with Crippen LogP contribution in [-0.2, 0) is 15.9 Å². The Morgan fingerprint density at radius 3 is 2.62 bits per heavy atom. The van der Waals surface area contributed by atoms with Crippen LogP contribution in [0.3, 0.4) is 0 Å². The Balaban J connectivity index is 2.22. The Kier molecular flexibility index (Phi) is 5.56. The summed E-state index contributed by atoms with van der Waals surface area (Å²) in [5.41, 5.74) is 0.319. The van der Waals surface area contributed by atoms with E-state index in [4.69, 9.17) is 14.2 Å². The second-order valence-electron chi connectivity index (χ2n) is 5.36. The van der Waals surface area contributed by atoms with Crippen molar-refractivity contribution in [2.45, 2.75) is 30.9 Å². The summed E-state index contributed by atoms with van der Waals surface area (Å²) in [6, 6.07) is 5.26. The maximum atomic E-state index is 14.3. The Labute approximate surface area is 125 Å². The second-order valence-corrected chi connectivity index (χ2v) is 5.36. The van der Waals surface area contributed by atoms with Gasteiger partial charge >= 0.3 is 0 Å². The molecule has 0 saturated carbocycles. The van der Waals surface area contributed by atoms with E-state index in [0.717, 1.165) is 12.8 Å². The van der Waals surface area contributed by atoms with E-state index in [1.807, 2.05) is 13.1 Å². The van der Waals surface area contributed by atoms with Gasteiger partial charge in [0, 0.05) is 39.2 Å². The Morgan fingerprint density at radius 2 is 2.05 bits per heavy atom. The summed E-state index contributed by atoms with van der Waals surface area (Å²) in [6.07, 6.45) is 2.16. The van der Waals surface area contributed by atoms with Crippen molar-refractivity contribution in [1.82, 2.24) is 5.32 Å². The van der Waals surface area contributed by atoms with Crippen molar-refractivity contribution in [2.24, 2.45) is 0 Å². The van der Waals surface area contributed by atoms with Crippen LogP contribution in [0.25, 0.3) is 0 Å². The van der Waals surface area contributed by atoms with Crippen LogP contribution < -0.4 is 10.1 Å². The van der Waals surface area contributed by atoms with Gasteiger partial charge in [-0.25, -0.2) is 4.39 Å². The van der Waals surface area contributed by atoms with Gasteiger partial charge in [-0.05, 0) is 25.1 Å². The molecule has 4 nitrogen and oxygen atoms in total. The minimum atomic E-state index is -0.317. The van der Waals surface area contributed by atoms with Gasteiger partial charge in [0.1, 0.15) is 0 Å². The van der Waals surface area contributed by atoms with Gasteiger partial charge in [-0.3, -0.25) is 0 Å². The van der Waals surface area contributed by atoms with Gasteiger partial charge in [0.15, 0.2) is 11.6 Å². The number of benzene rings is 1. The minimum absolute atomic E-state index is 0.0213. The first kappa shape index (κ1) is 16.2. The molecule has 1 aromatic carbocycles. The predicted octanol–water partition coefficient (Wildman–Crippen LogP) is 2.16. The molecule has 1 fully saturated rings. The third-order valence-electron chi connectivity index (χ3n) is 4.42. The molecule has 0 radical (unpaired) electrons. The van der Waals surface area contributed by atoms with E-state index in [-0.39, 0.29) is 23.2 Å². The minimum Gasteiger partial charge on any atom is -0.494 e. The van der Waals surface area contributed by atoms with Crippen molar-refractivity contribution in [2.75, 3.05) is 34.5 Å². The van der Waals surface area contributed by atoms with E-state index < -0.39 is 0 Å². The molecule has 1 N–H and O–H groups in total. The van der Waals surface area contributed by atoms with Crippen LogP contribution in [0.4, 0.5) is 4.39 Å². The standard InChI is InChI=1S/C16H24FNO3/c1-18-14(16(20-3)7-9-21-10-8-16)11-12-5-4-6-13(19-2)15(12)17/h4-6,14,18H,7-11H2,1-3H3. The lowest BCUT2D eigenvalue weighted by Gasteiger charge is -2.42. The molecule has 1 atom stereocenters. The highest BCUT2D eigenvalue weighted by Crippen LogP contribution is 2.31. The number of hydrogen-bond acceptors (Lipinski definition) is 4. The summed E-state index contributed by atoms with van der Waals surface area (Å²) in [7, 11) is 5.09. The molecule has 21 heavy (non-hydrogen) atoms. The van der Waals surface area contributed by atoms with Gasteiger partial charge < -0.3 is 19.5 Å². The second kappa shape index (κ2) is 7.20. The molecule has 5 heteroatoms. The zero-order valence-corrected chi connectivity index (χ0v) is 12.9. The van der Waals surface area contributed by atoms with Crippen LogP contribution in [0.5, 0.6) is 5.75 Å². The summed E-state index contributed by atoms with van der Waals surface area (Å²) in [5, 5.41) is 3.29. The lowest BCUT2D eigenvalue weighted by Crippen LogP contribution is -2.55. The molecule has 0 aliphatic carbocycles. The average Bonchev–Trinajstić information content (AvgIpc) is 2.54. The zero-order valence-electron chi connectivity index (χ0n) is 12.9. The smallest absolute Gasteiger partial charge is 0.168 e. The number of likely N-dealkylation sites (N-methyl/N-ethyl adjacent to an activating group) is 1. The molecule has 0 spiro atoms. The van der Waals surface area contributed by atoms with Crippen molar-refractivity contribution < 1.29 is 18.6 Å². The first-order chi connectivity index (χ1) is 10.2. The predicted molar refractivity (Wildman–Crippen MR) is 79.3 cm³/mol. The SMILES string of the molecule is CNC(Cc1cccc(OC)c1F)C1(OC)CCOCC1. The quantitative estimate of drug-likeness (QED) is 0.873. The third kappa shape index (κ3) is 3.36. The number of methoxy groups -OCH3 is 2. The Bertz CT molecular complexity index is 461. The lowest BCUT2D eigenvalue weighted by atomic mass is 9.82. The fourth-order valence-electron chi connectivity index (χ4n) is 3.05. The number of halogens is 1. The molecule has 0 bridgehead atoms. The van der Waals surface area contributed by atoms with E-state index in [1.54, 1.807) is 19.2 Å².